The van der Waals surface area contributed by atoms with Crippen LogP contribution in [-0.4, -0.2) is 32.0 Å². The maximum absolute atomic E-state index is 11.8. The molecule has 98 valence electrons. The van der Waals surface area contributed by atoms with Gasteiger partial charge in [-0.05, 0) is 25.0 Å². The summed E-state index contributed by atoms with van der Waals surface area (Å²) in [6.45, 7) is 0. The summed E-state index contributed by atoms with van der Waals surface area (Å²) in [7, 11) is 3.26. The standard InChI is InChI=1S/C14H18O3S/c1-16-13(17-2)9-18-12-7-5-11(6-8-12)14(15)10-3-4-10/h5-8,10,13H,3-4,9H2,1-2H3. The molecule has 0 aliphatic heterocycles. The third-order valence-corrected chi connectivity index (χ3v) is 4.04. The van der Waals surface area contributed by atoms with Crippen molar-refractivity contribution in [3.63, 3.8) is 0 Å². The molecule has 1 aliphatic rings. The lowest BCUT2D eigenvalue weighted by molar-refractivity contribution is -0.0842. The van der Waals surface area contributed by atoms with E-state index in [9.17, 15) is 4.79 Å². The van der Waals surface area contributed by atoms with Crippen LogP contribution in [0.15, 0.2) is 29.2 Å². The second kappa shape index (κ2) is 6.36. The van der Waals surface area contributed by atoms with Crippen LogP contribution in [0.1, 0.15) is 23.2 Å². The molecule has 1 aliphatic carbocycles. The van der Waals surface area contributed by atoms with Crippen LogP contribution < -0.4 is 0 Å². The smallest absolute Gasteiger partial charge is 0.166 e. The number of hydrogen-bond donors (Lipinski definition) is 0. The fourth-order valence-corrected chi connectivity index (χ4v) is 2.62. The number of carbonyl (C=O) groups excluding carboxylic acids is 1. The van der Waals surface area contributed by atoms with E-state index in [4.69, 9.17) is 9.47 Å². The molecule has 1 fully saturated rings. The van der Waals surface area contributed by atoms with Gasteiger partial charge in [-0.3, -0.25) is 4.79 Å². The van der Waals surface area contributed by atoms with Crippen LogP contribution in [0.25, 0.3) is 0 Å². The van der Waals surface area contributed by atoms with Gasteiger partial charge in [0.2, 0.25) is 0 Å². The van der Waals surface area contributed by atoms with Crippen LogP contribution in [0.3, 0.4) is 0 Å². The maximum Gasteiger partial charge on any atom is 0.166 e. The van der Waals surface area contributed by atoms with Crippen LogP contribution in [0.5, 0.6) is 0 Å². The molecule has 4 heteroatoms. The number of methoxy groups -OCH3 is 2. The molecule has 2 rings (SSSR count). The summed E-state index contributed by atoms with van der Waals surface area (Å²) >= 11 is 1.66. The summed E-state index contributed by atoms with van der Waals surface area (Å²) in [5.74, 6) is 1.32. The van der Waals surface area contributed by atoms with Gasteiger partial charge in [0.1, 0.15) is 0 Å². The Kier molecular flexibility index (Phi) is 4.80. The number of ether oxygens (including phenoxy) is 2. The van der Waals surface area contributed by atoms with E-state index in [0.717, 1.165) is 29.1 Å². The Morgan fingerprint density at radius 2 is 1.89 bits per heavy atom. The predicted molar refractivity (Wildman–Crippen MR) is 72.0 cm³/mol. The van der Waals surface area contributed by atoms with Gasteiger partial charge in [0.15, 0.2) is 12.1 Å². The summed E-state index contributed by atoms with van der Waals surface area (Å²) in [6.07, 6.45) is 1.92. The number of ketones is 1. The molecule has 0 aromatic heterocycles. The van der Waals surface area contributed by atoms with Crippen molar-refractivity contribution in [3.05, 3.63) is 29.8 Å². The van der Waals surface area contributed by atoms with Crippen molar-refractivity contribution in [2.45, 2.75) is 24.0 Å². The molecular formula is C14H18O3S. The Bertz CT molecular complexity index is 394. The van der Waals surface area contributed by atoms with Gasteiger partial charge in [0.25, 0.3) is 0 Å². The van der Waals surface area contributed by atoms with Gasteiger partial charge in [-0.1, -0.05) is 12.1 Å². The number of carbonyl (C=O) groups is 1. The Hall–Kier alpha value is -0.840. The van der Waals surface area contributed by atoms with Crippen molar-refractivity contribution in [1.29, 1.82) is 0 Å². The Labute approximate surface area is 112 Å². The lowest BCUT2D eigenvalue weighted by Gasteiger charge is -2.12. The van der Waals surface area contributed by atoms with E-state index >= 15 is 0 Å². The molecule has 0 bridgehead atoms. The van der Waals surface area contributed by atoms with Crippen molar-refractivity contribution in [2.75, 3.05) is 20.0 Å². The van der Waals surface area contributed by atoms with Crippen molar-refractivity contribution < 1.29 is 14.3 Å². The molecule has 0 saturated heterocycles. The predicted octanol–water partition coefficient (Wildman–Crippen LogP) is 2.99. The van der Waals surface area contributed by atoms with E-state index in [-0.39, 0.29) is 12.2 Å². The molecule has 1 aromatic carbocycles. The van der Waals surface area contributed by atoms with E-state index in [2.05, 4.69) is 0 Å². The average Bonchev–Trinajstić information content (AvgIpc) is 3.24. The second-order valence-electron chi connectivity index (χ2n) is 4.37. The first-order chi connectivity index (χ1) is 8.74. The monoisotopic (exact) mass is 266 g/mol. The maximum atomic E-state index is 11.8. The number of rotatable bonds is 7. The summed E-state index contributed by atoms with van der Waals surface area (Å²) in [5.41, 5.74) is 0.830. The molecule has 0 atom stereocenters. The van der Waals surface area contributed by atoms with Gasteiger partial charge in [-0.15, -0.1) is 11.8 Å². The van der Waals surface area contributed by atoms with Gasteiger partial charge in [0, 0.05) is 36.3 Å². The highest BCUT2D eigenvalue weighted by Gasteiger charge is 2.30. The Morgan fingerprint density at radius 1 is 1.28 bits per heavy atom. The van der Waals surface area contributed by atoms with E-state index in [0.29, 0.717) is 5.78 Å². The summed E-state index contributed by atoms with van der Waals surface area (Å²) in [5, 5.41) is 0. The zero-order valence-electron chi connectivity index (χ0n) is 10.7. The second-order valence-corrected chi connectivity index (χ2v) is 5.47. The number of benzene rings is 1. The number of Topliss-reactive ketones (excluding diaryl/α,β-unsaturated/α-hetero) is 1. The minimum Gasteiger partial charge on any atom is -0.355 e. The van der Waals surface area contributed by atoms with Crippen molar-refractivity contribution in [2.24, 2.45) is 5.92 Å². The minimum absolute atomic E-state index is 0.192. The van der Waals surface area contributed by atoms with Gasteiger partial charge in [-0.2, -0.15) is 0 Å². The first kappa shape index (κ1) is 13.6. The molecule has 0 unspecified atom stereocenters. The molecule has 18 heavy (non-hydrogen) atoms. The molecule has 0 spiro atoms. The van der Waals surface area contributed by atoms with Gasteiger partial charge in [-0.25, -0.2) is 0 Å². The van der Waals surface area contributed by atoms with E-state index in [1.54, 1.807) is 26.0 Å². The number of hydrogen-bond acceptors (Lipinski definition) is 4. The van der Waals surface area contributed by atoms with Crippen molar-refractivity contribution >= 4 is 17.5 Å². The SMILES string of the molecule is COC(CSc1ccc(C(=O)C2CC2)cc1)OC. The highest BCUT2D eigenvalue weighted by molar-refractivity contribution is 7.99. The van der Waals surface area contributed by atoms with Crippen LogP contribution >= 0.6 is 11.8 Å². The largest absolute Gasteiger partial charge is 0.355 e. The van der Waals surface area contributed by atoms with Gasteiger partial charge < -0.3 is 9.47 Å². The first-order valence-electron chi connectivity index (χ1n) is 6.07. The fraction of sp³-hybridized carbons (Fsp3) is 0.500. The molecule has 0 heterocycles. The summed E-state index contributed by atoms with van der Waals surface area (Å²) < 4.78 is 10.3. The van der Waals surface area contributed by atoms with Crippen LogP contribution in [0, 0.1) is 5.92 Å². The summed E-state index contributed by atoms with van der Waals surface area (Å²) in [4.78, 5) is 13.0. The Morgan fingerprint density at radius 3 is 2.39 bits per heavy atom. The highest BCUT2D eigenvalue weighted by atomic mass is 32.2. The molecule has 0 N–H and O–H groups in total. The average molecular weight is 266 g/mol. The highest BCUT2D eigenvalue weighted by Crippen LogP contribution is 2.33. The minimum atomic E-state index is -0.192. The fourth-order valence-electron chi connectivity index (χ4n) is 1.69. The number of thioether (sulfide) groups is 1. The lowest BCUT2D eigenvalue weighted by Crippen LogP contribution is -2.15. The van der Waals surface area contributed by atoms with Crippen LogP contribution in [0.4, 0.5) is 0 Å². The van der Waals surface area contributed by atoms with E-state index in [1.807, 2.05) is 24.3 Å². The molecule has 3 nitrogen and oxygen atoms in total. The zero-order valence-corrected chi connectivity index (χ0v) is 11.5. The van der Waals surface area contributed by atoms with Gasteiger partial charge >= 0.3 is 0 Å². The normalized spacial score (nSPS) is 15.1. The first-order valence-corrected chi connectivity index (χ1v) is 7.06. The Balaban J connectivity index is 1.89. The lowest BCUT2D eigenvalue weighted by atomic mass is 10.1. The van der Waals surface area contributed by atoms with E-state index < -0.39 is 0 Å². The molecule has 0 amide bonds. The van der Waals surface area contributed by atoms with Crippen molar-refractivity contribution in [3.8, 4) is 0 Å². The molecular weight excluding hydrogens is 248 g/mol. The molecule has 0 radical (unpaired) electrons. The topological polar surface area (TPSA) is 35.5 Å². The third-order valence-electron chi connectivity index (χ3n) is 3.00. The van der Waals surface area contributed by atoms with Crippen molar-refractivity contribution in [1.82, 2.24) is 0 Å². The van der Waals surface area contributed by atoms with E-state index in [1.165, 1.54) is 0 Å². The molecule has 1 aromatic rings. The molecule has 1 saturated carbocycles. The summed E-state index contributed by atoms with van der Waals surface area (Å²) in [6, 6.07) is 7.81. The van der Waals surface area contributed by atoms with Gasteiger partial charge in [0.05, 0.1) is 0 Å². The third kappa shape index (κ3) is 3.57. The quantitative estimate of drug-likeness (QED) is 0.432. The zero-order chi connectivity index (χ0) is 13.0. The van der Waals surface area contributed by atoms with Crippen LogP contribution in [0.2, 0.25) is 0 Å². The van der Waals surface area contributed by atoms with Crippen LogP contribution in [-0.2, 0) is 9.47 Å².